The Morgan fingerprint density at radius 1 is 1.19 bits per heavy atom. The number of nitrogen functional groups attached to an aromatic ring is 1. The second-order valence-electron chi connectivity index (χ2n) is 5.64. The fourth-order valence-corrected chi connectivity index (χ4v) is 3.01. The minimum atomic E-state index is 0.138. The lowest BCUT2D eigenvalue weighted by molar-refractivity contribution is 0.0961. The summed E-state index contributed by atoms with van der Waals surface area (Å²) in [6.45, 7) is 4.05. The highest BCUT2D eigenvalue weighted by atomic mass is 16.1. The number of Topliss-reactive ketones (excluding diaryl/α,β-unsaturated/α-hetero) is 1. The Labute approximate surface area is 124 Å². The number of ketones is 1. The number of aromatic nitrogens is 2. The van der Waals surface area contributed by atoms with Crippen molar-refractivity contribution in [3.05, 3.63) is 52.3 Å². The zero-order valence-corrected chi connectivity index (χ0v) is 12.4. The predicted molar refractivity (Wildman–Crippen MR) is 82.4 cm³/mol. The van der Waals surface area contributed by atoms with Gasteiger partial charge in [0.15, 0.2) is 5.78 Å². The summed E-state index contributed by atoms with van der Waals surface area (Å²) in [5.74, 6) is 0.589. The van der Waals surface area contributed by atoms with Crippen LogP contribution in [0.5, 0.6) is 0 Å². The smallest absolute Gasteiger partial charge is 0.220 e. The standard InChI is InChI=1S/C17H19N3O/c1-3-13-16-14(20-17(18)19-13)8-12(9-15(16)21)11-6-4-10(2)5-7-11/h4-7,12H,3,8-9H2,1-2H3,(H2,18,19,20)/t12-/m0/s1. The number of hydrogen-bond acceptors (Lipinski definition) is 4. The molecule has 1 aliphatic rings. The van der Waals surface area contributed by atoms with Gasteiger partial charge in [-0.1, -0.05) is 36.8 Å². The number of benzene rings is 1. The SMILES string of the molecule is CCc1nc(N)nc2c1C(=O)C[C@@H](c1ccc(C)cc1)C2. The first-order valence-electron chi connectivity index (χ1n) is 7.33. The first-order valence-corrected chi connectivity index (χ1v) is 7.33. The van der Waals surface area contributed by atoms with Crippen LogP contribution in [0.4, 0.5) is 5.95 Å². The number of aryl methyl sites for hydroxylation is 2. The van der Waals surface area contributed by atoms with Crippen molar-refractivity contribution in [3.8, 4) is 0 Å². The topological polar surface area (TPSA) is 68.9 Å². The van der Waals surface area contributed by atoms with Crippen LogP contribution in [-0.2, 0) is 12.8 Å². The van der Waals surface area contributed by atoms with Crippen LogP contribution in [0.3, 0.4) is 0 Å². The van der Waals surface area contributed by atoms with Crippen LogP contribution < -0.4 is 5.73 Å². The summed E-state index contributed by atoms with van der Waals surface area (Å²) in [6.07, 6.45) is 1.98. The van der Waals surface area contributed by atoms with Crippen molar-refractivity contribution >= 4 is 11.7 Å². The van der Waals surface area contributed by atoms with E-state index >= 15 is 0 Å². The van der Waals surface area contributed by atoms with E-state index < -0.39 is 0 Å². The summed E-state index contributed by atoms with van der Waals surface area (Å²) in [5.41, 5.74) is 10.5. The average Bonchev–Trinajstić information content (AvgIpc) is 2.46. The second kappa shape index (κ2) is 5.28. The third-order valence-corrected chi connectivity index (χ3v) is 4.11. The van der Waals surface area contributed by atoms with Crippen molar-refractivity contribution in [2.45, 2.75) is 39.0 Å². The second-order valence-corrected chi connectivity index (χ2v) is 5.64. The fraction of sp³-hybridized carbons (Fsp3) is 0.353. The molecule has 0 bridgehead atoms. The summed E-state index contributed by atoms with van der Waals surface area (Å²) in [7, 11) is 0. The molecule has 0 amide bonds. The van der Waals surface area contributed by atoms with Crippen molar-refractivity contribution in [2.24, 2.45) is 0 Å². The van der Waals surface area contributed by atoms with Crippen LogP contribution in [0.2, 0.25) is 0 Å². The number of carbonyl (C=O) groups excluding carboxylic acids is 1. The molecule has 0 saturated carbocycles. The van der Waals surface area contributed by atoms with Crippen LogP contribution in [0.1, 0.15) is 52.1 Å². The highest BCUT2D eigenvalue weighted by Gasteiger charge is 2.30. The lowest BCUT2D eigenvalue weighted by Gasteiger charge is -2.24. The third-order valence-electron chi connectivity index (χ3n) is 4.11. The number of rotatable bonds is 2. The van der Waals surface area contributed by atoms with Gasteiger partial charge in [-0.05, 0) is 31.2 Å². The van der Waals surface area contributed by atoms with Crippen LogP contribution in [-0.4, -0.2) is 15.8 Å². The zero-order valence-electron chi connectivity index (χ0n) is 12.4. The van der Waals surface area contributed by atoms with Crippen LogP contribution in [0, 0.1) is 6.92 Å². The summed E-state index contributed by atoms with van der Waals surface area (Å²) in [4.78, 5) is 21.0. The van der Waals surface area contributed by atoms with Crippen LogP contribution in [0.25, 0.3) is 0 Å². The summed E-state index contributed by atoms with van der Waals surface area (Å²) in [5, 5.41) is 0. The molecule has 108 valence electrons. The van der Waals surface area contributed by atoms with Gasteiger partial charge in [0.1, 0.15) is 0 Å². The van der Waals surface area contributed by atoms with Gasteiger partial charge in [-0.25, -0.2) is 9.97 Å². The van der Waals surface area contributed by atoms with Crippen LogP contribution in [0.15, 0.2) is 24.3 Å². The molecule has 4 nitrogen and oxygen atoms in total. The largest absolute Gasteiger partial charge is 0.368 e. The van der Waals surface area contributed by atoms with E-state index in [1.54, 1.807) is 0 Å². The molecular weight excluding hydrogens is 262 g/mol. The Hall–Kier alpha value is -2.23. The Balaban J connectivity index is 2.00. The first kappa shape index (κ1) is 13.7. The molecule has 0 radical (unpaired) electrons. The maximum Gasteiger partial charge on any atom is 0.220 e. The summed E-state index contributed by atoms with van der Waals surface area (Å²) < 4.78 is 0. The van der Waals surface area contributed by atoms with Gasteiger partial charge in [0.05, 0.1) is 17.0 Å². The molecule has 3 rings (SSSR count). The molecule has 1 aliphatic carbocycles. The van der Waals surface area contributed by atoms with Gasteiger partial charge in [-0.15, -0.1) is 0 Å². The summed E-state index contributed by atoms with van der Waals surface area (Å²) >= 11 is 0. The molecule has 2 aromatic rings. The van der Waals surface area contributed by atoms with E-state index in [1.165, 1.54) is 11.1 Å². The molecule has 0 saturated heterocycles. The van der Waals surface area contributed by atoms with Crippen molar-refractivity contribution in [1.82, 2.24) is 9.97 Å². The molecule has 2 N–H and O–H groups in total. The number of nitrogens with two attached hydrogens (primary N) is 1. The minimum absolute atomic E-state index is 0.138. The van der Waals surface area contributed by atoms with E-state index in [4.69, 9.17) is 5.73 Å². The number of anilines is 1. The van der Waals surface area contributed by atoms with Crippen molar-refractivity contribution in [3.63, 3.8) is 0 Å². The quantitative estimate of drug-likeness (QED) is 0.919. The maximum absolute atomic E-state index is 12.5. The maximum atomic E-state index is 12.5. The van der Waals surface area contributed by atoms with E-state index in [9.17, 15) is 4.79 Å². The molecule has 1 atom stereocenters. The van der Waals surface area contributed by atoms with Gasteiger partial charge >= 0.3 is 0 Å². The fourth-order valence-electron chi connectivity index (χ4n) is 3.01. The lowest BCUT2D eigenvalue weighted by Crippen LogP contribution is -2.23. The lowest BCUT2D eigenvalue weighted by atomic mass is 9.81. The molecule has 4 heteroatoms. The van der Waals surface area contributed by atoms with E-state index in [-0.39, 0.29) is 17.6 Å². The summed E-state index contributed by atoms with van der Waals surface area (Å²) in [6, 6.07) is 8.37. The highest BCUT2D eigenvalue weighted by Crippen LogP contribution is 2.33. The van der Waals surface area contributed by atoms with Gasteiger partial charge in [-0.3, -0.25) is 4.79 Å². The van der Waals surface area contributed by atoms with Gasteiger partial charge in [0.25, 0.3) is 0 Å². The van der Waals surface area contributed by atoms with Gasteiger partial charge < -0.3 is 5.73 Å². The predicted octanol–water partition coefficient (Wildman–Crippen LogP) is 2.84. The van der Waals surface area contributed by atoms with Gasteiger partial charge in [-0.2, -0.15) is 0 Å². The van der Waals surface area contributed by atoms with Crippen molar-refractivity contribution < 1.29 is 4.79 Å². The molecule has 1 aromatic heterocycles. The number of nitrogens with zero attached hydrogens (tertiary/aromatic N) is 2. The van der Waals surface area contributed by atoms with Gasteiger partial charge in [0, 0.05) is 6.42 Å². The monoisotopic (exact) mass is 281 g/mol. The van der Waals surface area contributed by atoms with Crippen molar-refractivity contribution in [2.75, 3.05) is 5.73 Å². The molecule has 1 heterocycles. The van der Waals surface area contributed by atoms with E-state index in [0.717, 1.165) is 17.8 Å². The highest BCUT2D eigenvalue weighted by molar-refractivity contribution is 5.99. The molecular formula is C17H19N3O. The molecule has 0 unspecified atom stereocenters. The Kier molecular flexibility index (Phi) is 3.45. The molecule has 1 aromatic carbocycles. The molecule has 0 aliphatic heterocycles. The first-order chi connectivity index (χ1) is 10.1. The Bertz CT molecular complexity index is 692. The average molecular weight is 281 g/mol. The number of fused-ring (bicyclic) bond motifs is 1. The van der Waals surface area contributed by atoms with E-state index in [0.29, 0.717) is 18.4 Å². The normalized spacial score (nSPS) is 17.6. The van der Waals surface area contributed by atoms with Crippen molar-refractivity contribution in [1.29, 1.82) is 0 Å². The minimum Gasteiger partial charge on any atom is -0.368 e. The molecule has 0 spiro atoms. The zero-order chi connectivity index (χ0) is 15.0. The number of hydrogen-bond donors (Lipinski definition) is 1. The number of carbonyl (C=O) groups is 1. The van der Waals surface area contributed by atoms with Gasteiger partial charge in [0.2, 0.25) is 5.95 Å². The molecule has 21 heavy (non-hydrogen) atoms. The van der Waals surface area contributed by atoms with Crippen LogP contribution >= 0.6 is 0 Å². The Morgan fingerprint density at radius 3 is 2.57 bits per heavy atom. The van der Waals surface area contributed by atoms with E-state index in [2.05, 4.69) is 41.2 Å². The Morgan fingerprint density at radius 2 is 1.90 bits per heavy atom. The van der Waals surface area contributed by atoms with E-state index in [1.807, 2.05) is 6.92 Å². The third kappa shape index (κ3) is 2.53. The molecule has 0 fully saturated rings.